The van der Waals surface area contributed by atoms with Gasteiger partial charge in [-0.2, -0.15) is 0 Å². The topological polar surface area (TPSA) is 54.2 Å². The summed E-state index contributed by atoms with van der Waals surface area (Å²) in [4.78, 5) is 7.76. The predicted octanol–water partition coefficient (Wildman–Crippen LogP) is 2.50. The van der Waals surface area contributed by atoms with Gasteiger partial charge in [0.25, 0.3) is 0 Å². The number of nitrogens with two attached hydrogens (primary N) is 1. The summed E-state index contributed by atoms with van der Waals surface area (Å²) in [5.74, 6) is 6.06. The van der Waals surface area contributed by atoms with Crippen molar-refractivity contribution < 1.29 is 0 Å². The van der Waals surface area contributed by atoms with E-state index in [1.807, 2.05) is 12.1 Å². The van der Waals surface area contributed by atoms with Crippen molar-refractivity contribution in [1.82, 2.24) is 4.98 Å². The summed E-state index contributed by atoms with van der Waals surface area (Å²) < 4.78 is 0. The average Bonchev–Trinajstić information content (AvgIpc) is 2.90. The summed E-state index contributed by atoms with van der Waals surface area (Å²) in [7, 11) is 2.09. The molecule has 0 saturated carbocycles. The Bertz CT molecular complexity index is 483. The number of thiophene rings is 1. The Hall–Kier alpha value is -1.59. The van der Waals surface area contributed by atoms with Gasteiger partial charge in [-0.1, -0.05) is 6.07 Å². The number of hydrazine groups is 1. The van der Waals surface area contributed by atoms with Crippen molar-refractivity contribution in [3.8, 4) is 0 Å². The van der Waals surface area contributed by atoms with E-state index in [1.54, 1.807) is 17.5 Å². The molecule has 1 atom stereocenters. The van der Waals surface area contributed by atoms with Gasteiger partial charge in [-0.25, -0.2) is 10.8 Å². The molecule has 3 N–H and O–H groups in total. The molecule has 0 amide bonds. The maximum atomic E-state index is 5.38. The zero-order valence-corrected chi connectivity index (χ0v) is 11.4. The molecule has 96 valence electrons. The number of rotatable bonds is 5. The zero-order chi connectivity index (χ0) is 13.0. The van der Waals surface area contributed by atoms with Crippen molar-refractivity contribution in [2.45, 2.75) is 19.4 Å². The molecule has 0 fully saturated rings. The third kappa shape index (κ3) is 3.00. The molecule has 0 radical (unpaired) electrons. The minimum Gasteiger partial charge on any atom is -0.371 e. The number of nitrogens with one attached hydrogen (secondary N) is 1. The summed E-state index contributed by atoms with van der Waals surface area (Å²) in [5, 5.41) is 2.12. The predicted molar refractivity (Wildman–Crippen MR) is 77.9 cm³/mol. The SMILES string of the molecule is CC(Cc1cccs1)N(C)c1ccnc(NN)c1. The Morgan fingerprint density at radius 1 is 1.50 bits per heavy atom. The van der Waals surface area contributed by atoms with E-state index >= 15 is 0 Å². The minimum absolute atomic E-state index is 0.427. The number of nitrogen functional groups attached to an aromatic ring is 1. The Labute approximate surface area is 111 Å². The molecule has 2 rings (SSSR count). The van der Waals surface area contributed by atoms with Gasteiger partial charge in [0.1, 0.15) is 5.82 Å². The molecule has 0 aliphatic rings. The van der Waals surface area contributed by atoms with E-state index in [0.717, 1.165) is 12.1 Å². The smallest absolute Gasteiger partial charge is 0.141 e. The fraction of sp³-hybridized carbons (Fsp3) is 0.308. The maximum absolute atomic E-state index is 5.38. The first-order valence-electron chi connectivity index (χ1n) is 5.88. The largest absolute Gasteiger partial charge is 0.371 e. The van der Waals surface area contributed by atoms with Crippen LogP contribution in [0, 0.1) is 0 Å². The van der Waals surface area contributed by atoms with Crippen molar-refractivity contribution >= 4 is 22.8 Å². The van der Waals surface area contributed by atoms with Crippen molar-refractivity contribution in [3.05, 3.63) is 40.7 Å². The first-order valence-corrected chi connectivity index (χ1v) is 6.76. The van der Waals surface area contributed by atoms with Gasteiger partial charge in [0, 0.05) is 42.3 Å². The van der Waals surface area contributed by atoms with Gasteiger partial charge < -0.3 is 10.3 Å². The Balaban J connectivity index is 2.07. The highest BCUT2D eigenvalue weighted by Crippen LogP contribution is 2.20. The minimum atomic E-state index is 0.427. The van der Waals surface area contributed by atoms with Crippen LogP contribution >= 0.6 is 11.3 Å². The summed E-state index contributed by atoms with van der Waals surface area (Å²) in [6, 6.07) is 8.64. The first kappa shape index (κ1) is 12.9. The molecular formula is C13H18N4S. The molecule has 2 aromatic heterocycles. The van der Waals surface area contributed by atoms with Crippen LogP contribution in [0.2, 0.25) is 0 Å². The van der Waals surface area contributed by atoms with Crippen molar-refractivity contribution in [2.75, 3.05) is 17.4 Å². The molecule has 18 heavy (non-hydrogen) atoms. The maximum Gasteiger partial charge on any atom is 0.141 e. The van der Waals surface area contributed by atoms with Gasteiger partial charge in [-0.15, -0.1) is 11.3 Å². The molecule has 0 aliphatic heterocycles. The highest BCUT2D eigenvalue weighted by Gasteiger charge is 2.11. The lowest BCUT2D eigenvalue weighted by atomic mass is 10.1. The molecule has 2 heterocycles. The van der Waals surface area contributed by atoms with Gasteiger partial charge in [0.05, 0.1) is 0 Å². The fourth-order valence-corrected chi connectivity index (χ4v) is 2.66. The van der Waals surface area contributed by atoms with E-state index in [4.69, 9.17) is 5.84 Å². The van der Waals surface area contributed by atoms with Crippen molar-refractivity contribution in [1.29, 1.82) is 0 Å². The molecule has 2 aromatic rings. The molecule has 0 aliphatic carbocycles. The van der Waals surface area contributed by atoms with Crippen LogP contribution in [0.5, 0.6) is 0 Å². The summed E-state index contributed by atoms with van der Waals surface area (Å²) in [6.07, 6.45) is 2.81. The van der Waals surface area contributed by atoms with Crippen LogP contribution in [0.15, 0.2) is 35.8 Å². The lowest BCUT2D eigenvalue weighted by molar-refractivity contribution is 0.688. The van der Waals surface area contributed by atoms with Crippen molar-refractivity contribution in [2.24, 2.45) is 5.84 Å². The number of likely N-dealkylation sites (N-methyl/N-ethyl adjacent to an activating group) is 1. The number of aromatic nitrogens is 1. The molecule has 1 unspecified atom stereocenters. The standard InChI is InChI=1S/C13H18N4S/c1-10(8-12-4-3-7-18-12)17(2)11-5-6-15-13(9-11)16-14/h3-7,9-10H,8,14H2,1-2H3,(H,15,16). The molecule has 0 aromatic carbocycles. The molecule has 0 saturated heterocycles. The van der Waals surface area contributed by atoms with Gasteiger partial charge in [-0.3, -0.25) is 0 Å². The van der Waals surface area contributed by atoms with E-state index in [0.29, 0.717) is 11.9 Å². The highest BCUT2D eigenvalue weighted by atomic mass is 32.1. The Morgan fingerprint density at radius 2 is 2.33 bits per heavy atom. The van der Waals surface area contributed by atoms with E-state index in [1.165, 1.54) is 4.88 Å². The number of nitrogens with zero attached hydrogens (tertiary/aromatic N) is 2. The first-order chi connectivity index (χ1) is 8.70. The number of hydrogen-bond donors (Lipinski definition) is 2. The van der Waals surface area contributed by atoms with E-state index in [2.05, 4.69) is 46.8 Å². The Morgan fingerprint density at radius 3 is 3.00 bits per heavy atom. The molecule has 5 heteroatoms. The van der Waals surface area contributed by atoms with Crippen LogP contribution in [0.25, 0.3) is 0 Å². The van der Waals surface area contributed by atoms with E-state index < -0.39 is 0 Å². The lowest BCUT2D eigenvalue weighted by Crippen LogP contribution is -2.30. The fourth-order valence-electron chi connectivity index (χ4n) is 1.83. The van der Waals surface area contributed by atoms with Gasteiger partial charge in [0.15, 0.2) is 0 Å². The monoisotopic (exact) mass is 262 g/mol. The quantitative estimate of drug-likeness (QED) is 0.642. The number of pyridine rings is 1. The van der Waals surface area contributed by atoms with Crippen molar-refractivity contribution in [3.63, 3.8) is 0 Å². The van der Waals surface area contributed by atoms with Crippen LogP contribution < -0.4 is 16.2 Å². The molecule has 4 nitrogen and oxygen atoms in total. The third-order valence-corrected chi connectivity index (χ3v) is 3.94. The van der Waals surface area contributed by atoms with Crippen LogP contribution in [-0.2, 0) is 6.42 Å². The van der Waals surface area contributed by atoms with Crippen LogP contribution in [0.3, 0.4) is 0 Å². The summed E-state index contributed by atoms with van der Waals surface area (Å²) >= 11 is 1.80. The van der Waals surface area contributed by atoms with Crippen LogP contribution in [-0.4, -0.2) is 18.1 Å². The second-order valence-corrected chi connectivity index (χ2v) is 5.32. The van der Waals surface area contributed by atoms with Gasteiger partial charge >= 0.3 is 0 Å². The van der Waals surface area contributed by atoms with Crippen LogP contribution in [0.1, 0.15) is 11.8 Å². The second-order valence-electron chi connectivity index (χ2n) is 4.29. The third-order valence-electron chi connectivity index (χ3n) is 3.04. The summed E-state index contributed by atoms with van der Waals surface area (Å²) in [5.41, 5.74) is 3.68. The van der Waals surface area contributed by atoms with E-state index in [9.17, 15) is 0 Å². The molecular weight excluding hydrogens is 244 g/mol. The average molecular weight is 262 g/mol. The lowest BCUT2D eigenvalue weighted by Gasteiger charge is -2.27. The normalized spacial score (nSPS) is 12.2. The summed E-state index contributed by atoms with van der Waals surface area (Å²) in [6.45, 7) is 2.22. The van der Waals surface area contributed by atoms with Gasteiger partial charge in [-0.05, 0) is 24.4 Å². The number of anilines is 2. The van der Waals surface area contributed by atoms with E-state index in [-0.39, 0.29) is 0 Å². The second kappa shape index (κ2) is 5.84. The molecule has 0 bridgehead atoms. The molecule has 0 spiro atoms. The highest BCUT2D eigenvalue weighted by molar-refractivity contribution is 7.09. The number of hydrogen-bond acceptors (Lipinski definition) is 5. The van der Waals surface area contributed by atoms with Gasteiger partial charge in [0.2, 0.25) is 0 Å². The van der Waals surface area contributed by atoms with Crippen LogP contribution in [0.4, 0.5) is 11.5 Å². The zero-order valence-electron chi connectivity index (χ0n) is 10.6. The Kier molecular flexibility index (Phi) is 4.17.